The molecule has 3 N–H and O–H groups in total. The van der Waals surface area contributed by atoms with Crippen molar-refractivity contribution in [3.05, 3.63) is 106 Å². The fourth-order valence-corrected chi connectivity index (χ4v) is 7.54. The average Bonchev–Trinajstić information content (AvgIpc) is 3.79. The molecular weight excluding hydrogens is 614 g/mol. The Labute approximate surface area is 275 Å². The summed E-state index contributed by atoms with van der Waals surface area (Å²) in [6, 6.07) is 14.7. The number of aromatic nitrogens is 5. The Bertz CT molecular complexity index is 2110. The molecule has 1 aromatic carbocycles. The number of carbonyl (C=O) groups excluding carboxylic acids is 1. The Kier molecular flexibility index (Phi) is 8.23. The van der Waals surface area contributed by atoms with Crippen molar-refractivity contribution in [1.29, 1.82) is 0 Å². The highest BCUT2D eigenvalue weighted by Gasteiger charge is 2.30. The zero-order valence-electron chi connectivity index (χ0n) is 26.4. The predicted molar refractivity (Wildman–Crippen MR) is 181 cm³/mol. The van der Waals surface area contributed by atoms with Crippen LogP contribution in [-0.2, 0) is 25.7 Å². The van der Waals surface area contributed by atoms with Gasteiger partial charge >= 0.3 is 0 Å². The summed E-state index contributed by atoms with van der Waals surface area (Å²) in [7, 11) is 0. The largest absolute Gasteiger partial charge is 0.421 e. The molecule has 0 unspecified atom stereocenters. The Morgan fingerprint density at radius 3 is 2.64 bits per heavy atom. The van der Waals surface area contributed by atoms with Gasteiger partial charge in [0.15, 0.2) is 0 Å². The molecule has 11 heteroatoms. The number of primary amides is 1. The van der Waals surface area contributed by atoms with E-state index in [1.54, 1.807) is 25.3 Å². The first-order chi connectivity index (χ1) is 22.7. The van der Waals surface area contributed by atoms with Gasteiger partial charge in [-0.25, -0.2) is 9.37 Å². The van der Waals surface area contributed by atoms with E-state index in [4.69, 9.17) is 20.1 Å². The lowest BCUT2D eigenvalue weighted by Crippen LogP contribution is -2.20. The first-order valence-electron chi connectivity index (χ1n) is 15.7. The van der Waals surface area contributed by atoms with Crippen LogP contribution in [0.15, 0.2) is 65.3 Å². The number of thiophene rings is 1. The van der Waals surface area contributed by atoms with Gasteiger partial charge in [0.05, 0.1) is 33.3 Å². The van der Waals surface area contributed by atoms with Gasteiger partial charge in [0.2, 0.25) is 11.8 Å². The summed E-state index contributed by atoms with van der Waals surface area (Å²) < 4.78 is 20.7. The van der Waals surface area contributed by atoms with E-state index in [1.807, 2.05) is 18.3 Å². The van der Waals surface area contributed by atoms with E-state index in [0.717, 1.165) is 44.9 Å². The van der Waals surface area contributed by atoms with Crippen LogP contribution in [0.5, 0.6) is 0 Å². The van der Waals surface area contributed by atoms with Crippen molar-refractivity contribution < 1.29 is 13.6 Å². The molecule has 5 heterocycles. The van der Waals surface area contributed by atoms with E-state index in [-0.39, 0.29) is 23.7 Å². The molecule has 1 atom stereocenters. The number of rotatable bonds is 10. The summed E-state index contributed by atoms with van der Waals surface area (Å²) in [4.78, 5) is 28.6. The number of benzene rings is 1. The lowest BCUT2D eigenvalue weighted by atomic mass is 9.91. The first-order valence-corrected chi connectivity index (χ1v) is 16.6. The van der Waals surface area contributed by atoms with Gasteiger partial charge in [-0.05, 0) is 84.9 Å². The molecule has 5 aromatic heterocycles. The number of hydrogen-bond donors (Lipinski definition) is 2. The number of hydrogen-bond acceptors (Lipinski definition) is 9. The molecule has 0 aliphatic heterocycles. The van der Waals surface area contributed by atoms with Crippen molar-refractivity contribution in [2.24, 2.45) is 11.7 Å². The van der Waals surface area contributed by atoms with Crippen LogP contribution in [0.4, 0.5) is 10.2 Å². The Hall–Kier alpha value is -5.03. The van der Waals surface area contributed by atoms with Crippen molar-refractivity contribution in [3.8, 4) is 21.9 Å². The molecule has 6 aromatic rings. The SMILES string of the molecule is Cc1nnc(-c2c(CCc3ccc(F)cc3)nc(CC(C)C)c(C(N)=O)c2-c2cc3ccnc(N[C@@H]4CCc5ncccc54)c3s2)o1. The van der Waals surface area contributed by atoms with Crippen LogP contribution in [0.1, 0.15) is 70.8 Å². The topological polar surface area (TPSA) is 133 Å². The Balaban J connectivity index is 1.41. The zero-order valence-corrected chi connectivity index (χ0v) is 27.2. The Morgan fingerprint density at radius 1 is 1.06 bits per heavy atom. The molecule has 47 heavy (non-hydrogen) atoms. The molecule has 1 amide bonds. The van der Waals surface area contributed by atoms with Gasteiger partial charge in [0.25, 0.3) is 5.91 Å². The van der Waals surface area contributed by atoms with E-state index in [1.165, 1.54) is 29.0 Å². The van der Waals surface area contributed by atoms with Crippen molar-refractivity contribution in [2.75, 3.05) is 5.32 Å². The molecule has 7 rings (SSSR count). The fourth-order valence-electron chi connectivity index (χ4n) is 6.38. The molecule has 1 aliphatic carbocycles. The van der Waals surface area contributed by atoms with Crippen molar-refractivity contribution in [1.82, 2.24) is 25.1 Å². The third-order valence-electron chi connectivity index (χ3n) is 8.46. The average molecular weight is 648 g/mol. The predicted octanol–water partition coefficient (Wildman–Crippen LogP) is 7.43. The quantitative estimate of drug-likeness (QED) is 0.157. The maximum atomic E-state index is 13.7. The summed E-state index contributed by atoms with van der Waals surface area (Å²) in [5.74, 6) is 0.769. The van der Waals surface area contributed by atoms with Gasteiger partial charge in [0.1, 0.15) is 11.6 Å². The van der Waals surface area contributed by atoms with Gasteiger partial charge in [-0.3, -0.25) is 14.8 Å². The minimum absolute atomic E-state index is 0.0945. The number of nitrogens with zero attached hydrogens (tertiary/aromatic N) is 5. The van der Waals surface area contributed by atoms with Crippen LogP contribution in [0.25, 0.3) is 32.0 Å². The smallest absolute Gasteiger partial charge is 0.251 e. The van der Waals surface area contributed by atoms with E-state index in [2.05, 4.69) is 46.5 Å². The number of fused-ring (bicyclic) bond motifs is 2. The monoisotopic (exact) mass is 647 g/mol. The number of carbonyl (C=O) groups is 1. The normalized spacial score (nSPS) is 14.2. The number of anilines is 1. The van der Waals surface area contributed by atoms with Gasteiger partial charge in [0, 0.05) is 35.5 Å². The second kappa shape index (κ2) is 12.6. The molecule has 0 radical (unpaired) electrons. The second-order valence-electron chi connectivity index (χ2n) is 12.3. The van der Waals surface area contributed by atoms with Crippen molar-refractivity contribution in [2.45, 2.75) is 58.9 Å². The summed E-state index contributed by atoms with van der Waals surface area (Å²) >= 11 is 1.53. The molecule has 0 saturated heterocycles. The number of pyridine rings is 3. The third-order valence-corrected chi connectivity index (χ3v) is 9.64. The number of nitrogens with two attached hydrogens (primary N) is 1. The van der Waals surface area contributed by atoms with Gasteiger partial charge in [-0.2, -0.15) is 0 Å². The maximum Gasteiger partial charge on any atom is 0.251 e. The molecule has 1 aliphatic rings. The van der Waals surface area contributed by atoms with E-state index < -0.39 is 5.91 Å². The summed E-state index contributed by atoms with van der Waals surface area (Å²) in [6.07, 6.45) is 7.09. The van der Waals surface area contributed by atoms with Crippen LogP contribution in [-0.4, -0.2) is 31.1 Å². The lowest BCUT2D eigenvalue weighted by Gasteiger charge is -2.19. The van der Waals surface area contributed by atoms with E-state index in [0.29, 0.717) is 53.2 Å². The van der Waals surface area contributed by atoms with Crippen LogP contribution in [0.3, 0.4) is 0 Å². The standard InChI is InChI=1S/C36H34FN7O2S/c1-19(2)17-28-30(34(38)45)32(31(36-44-43-20(3)46-36)27(41-28)11-8-21-6-9-23(37)10-7-21)29-18-22-14-16-40-35(33(22)47-29)42-26-13-12-25-24(26)5-4-15-39-25/h4-7,9-10,14-16,18-19,26H,8,11-13,17H2,1-3H3,(H2,38,45)(H,40,42)/t26-/m1/s1. The minimum Gasteiger partial charge on any atom is -0.421 e. The highest BCUT2D eigenvalue weighted by atomic mass is 32.1. The number of halogens is 1. The van der Waals surface area contributed by atoms with E-state index >= 15 is 0 Å². The molecule has 0 spiro atoms. The Morgan fingerprint density at radius 2 is 1.89 bits per heavy atom. The van der Waals surface area contributed by atoms with Crippen molar-refractivity contribution in [3.63, 3.8) is 0 Å². The third kappa shape index (κ3) is 6.10. The highest BCUT2D eigenvalue weighted by Crippen LogP contribution is 2.45. The molecule has 0 bridgehead atoms. The van der Waals surface area contributed by atoms with E-state index in [9.17, 15) is 9.18 Å². The van der Waals surface area contributed by atoms with Gasteiger partial charge < -0.3 is 15.5 Å². The molecule has 9 nitrogen and oxygen atoms in total. The summed E-state index contributed by atoms with van der Waals surface area (Å²) in [5, 5.41) is 13.2. The number of nitrogens with one attached hydrogen (secondary N) is 1. The van der Waals surface area contributed by atoms with Crippen LogP contribution in [0, 0.1) is 18.7 Å². The highest BCUT2D eigenvalue weighted by molar-refractivity contribution is 7.23. The van der Waals surface area contributed by atoms with Gasteiger partial charge in [-0.1, -0.05) is 32.0 Å². The maximum absolute atomic E-state index is 13.7. The van der Waals surface area contributed by atoms with Gasteiger partial charge in [-0.15, -0.1) is 21.5 Å². The summed E-state index contributed by atoms with van der Waals surface area (Å²) in [5.41, 5.74) is 12.3. The van der Waals surface area contributed by atoms with Crippen LogP contribution >= 0.6 is 11.3 Å². The number of aryl methyl sites for hydroxylation is 4. The fraction of sp³-hybridized carbons (Fsp3) is 0.278. The molecule has 238 valence electrons. The van der Waals surface area contributed by atoms with Crippen LogP contribution < -0.4 is 11.1 Å². The first kappa shape index (κ1) is 30.6. The van der Waals surface area contributed by atoms with Crippen molar-refractivity contribution >= 4 is 33.1 Å². The second-order valence-corrected chi connectivity index (χ2v) is 13.4. The summed E-state index contributed by atoms with van der Waals surface area (Å²) in [6.45, 7) is 5.89. The van der Waals surface area contributed by atoms with Crippen LogP contribution in [0.2, 0.25) is 0 Å². The number of amides is 1. The molecule has 0 fully saturated rings. The minimum atomic E-state index is -0.574. The lowest BCUT2D eigenvalue weighted by molar-refractivity contribution is 0.0999. The zero-order chi connectivity index (χ0) is 32.7. The molecular formula is C36H34FN7O2S. The molecule has 0 saturated carbocycles.